The van der Waals surface area contributed by atoms with E-state index in [-0.39, 0.29) is 0 Å². The van der Waals surface area contributed by atoms with Gasteiger partial charge in [-0.3, -0.25) is 5.10 Å². The Balaban J connectivity index is 2.15. The summed E-state index contributed by atoms with van der Waals surface area (Å²) in [5, 5.41) is 9.49. The average molecular weight is 322 g/mol. The molecule has 0 bridgehead atoms. The highest BCUT2D eigenvalue weighted by Crippen LogP contribution is 2.39. The molecule has 0 unspecified atom stereocenters. The Morgan fingerprint density at radius 3 is 3.15 bits per heavy atom. The zero-order chi connectivity index (χ0) is 13.9. The van der Waals surface area contributed by atoms with Crippen LogP contribution < -0.4 is 0 Å². The number of hydrogen-bond donors (Lipinski definition) is 1. The fraction of sp³-hybridized carbons (Fsp3) is 0.462. The summed E-state index contributed by atoms with van der Waals surface area (Å²) in [6, 6.07) is 0. The Labute approximate surface area is 129 Å². The molecule has 20 heavy (non-hydrogen) atoms. The van der Waals surface area contributed by atoms with Gasteiger partial charge in [0.25, 0.3) is 0 Å². The second-order valence-electron chi connectivity index (χ2n) is 5.32. The highest BCUT2D eigenvalue weighted by atomic mass is 32.2. The first-order valence-electron chi connectivity index (χ1n) is 6.64. The number of aryl methyl sites for hydroxylation is 1. The molecular formula is C13H14N4S3. The van der Waals surface area contributed by atoms with E-state index < -0.39 is 0 Å². The van der Waals surface area contributed by atoms with E-state index in [1.165, 1.54) is 28.7 Å². The molecule has 0 radical (unpaired) electrons. The van der Waals surface area contributed by atoms with Crippen LogP contribution in [0.1, 0.15) is 23.8 Å². The van der Waals surface area contributed by atoms with E-state index in [9.17, 15) is 0 Å². The maximum Gasteiger partial charge on any atom is 0.201 e. The first-order chi connectivity index (χ1) is 9.69. The van der Waals surface area contributed by atoms with Crippen molar-refractivity contribution in [2.45, 2.75) is 31.3 Å². The minimum Gasteiger partial charge on any atom is -0.251 e. The van der Waals surface area contributed by atoms with Crippen molar-refractivity contribution in [1.29, 1.82) is 0 Å². The highest BCUT2D eigenvalue weighted by Gasteiger charge is 2.24. The Kier molecular flexibility index (Phi) is 2.90. The molecule has 3 aromatic heterocycles. The summed E-state index contributed by atoms with van der Waals surface area (Å²) in [5.41, 5.74) is 2.39. The zero-order valence-corrected chi connectivity index (χ0v) is 13.7. The number of thioether (sulfide) groups is 1. The zero-order valence-electron chi connectivity index (χ0n) is 11.3. The summed E-state index contributed by atoms with van der Waals surface area (Å²) >= 11 is 8.79. The van der Waals surface area contributed by atoms with Crippen molar-refractivity contribution < 1.29 is 0 Å². The fourth-order valence-electron chi connectivity index (χ4n) is 2.96. The van der Waals surface area contributed by atoms with Gasteiger partial charge in [0.15, 0.2) is 10.8 Å². The van der Waals surface area contributed by atoms with E-state index in [2.05, 4.69) is 17.1 Å². The lowest BCUT2D eigenvalue weighted by Gasteiger charge is -2.17. The largest absolute Gasteiger partial charge is 0.251 e. The van der Waals surface area contributed by atoms with Gasteiger partial charge in [0.05, 0.1) is 5.39 Å². The summed E-state index contributed by atoms with van der Waals surface area (Å²) in [6.07, 6.45) is 5.58. The van der Waals surface area contributed by atoms with E-state index in [0.29, 0.717) is 4.77 Å². The first kappa shape index (κ1) is 12.8. The molecule has 0 saturated heterocycles. The lowest BCUT2D eigenvalue weighted by atomic mass is 9.89. The number of aromatic amines is 1. The van der Waals surface area contributed by atoms with Crippen molar-refractivity contribution in [2.75, 3.05) is 6.26 Å². The maximum absolute atomic E-state index is 5.35. The molecule has 0 aromatic carbocycles. The Morgan fingerprint density at radius 1 is 1.50 bits per heavy atom. The predicted molar refractivity (Wildman–Crippen MR) is 86.5 cm³/mol. The van der Waals surface area contributed by atoms with Crippen LogP contribution in [0.3, 0.4) is 0 Å². The van der Waals surface area contributed by atoms with Gasteiger partial charge in [-0.1, -0.05) is 18.7 Å². The Bertz CT molecular complexity index is 873. The second kappa shape index (κ2) is 4.54. The van der Waals surface area contributed by atoms with E-state index in [0.717, 1.165) is 28.0 Å². The van der Waals surface area contributed by atoms with Crippen molar-refractivity contribution in [3.05, 3.63) is 15.2 Å². The first-order valence-corrected chi connectivity index (χ1v) is 9.09. The van der Waals surface area contributed by atoms with Crippen molar-refractivity contribution in [3.8, 4) is 0 Å². The normalized spacial score (nSPS) is 18.8. The summed E-state index contributed by atoms with van der Waals surface area (Å²) in [4.78, 5) is 7.40. The van der Waals surface area contributed by atoms with Crippen molar-refractivity contribution in [3.63, 3.8) is 0 Å². The Hall–Kier alpha value is -0.920. The predicted octanol–water partition coefficient (Wildman–Crippen LogP) is 3.85. The van der Waals surface area contributed by atoms with Gasteiger partial charge in [-0.15, -0.1) is 11.3 Å². The molecule has 1 atom stereocenters. The molecule has 4 nitrogen and oxygen atoms in total. The molecule has 3 aromatic rings. The van der Waals surface area contributed by atoms with Gasteiger partial charge < -0.3 is 0 Å². The fourth-order valence-corrected chi connectivity index (χ4v) is 5.22. The van der Waals surface area contributed by atoms with Crippen molar-refractivity contribution in [1.82, 2.24) is 19.6 Å². The number of nitrogens with zero attached hydrogens (tertiary/aromatic N) is 3. The molecule has 1 N–H and O–H groups in total. The average Bonchev–Trinajstić information content (AvgIpc) is 2.98. The van der Waals surface area contributed by atoms with Crippen LogP contribution in [0.5, 0.6) is 0 Å². The molecule has 1 aliphatic rings. The van der Waals surface area contributed by atoms with E-state index in [1.807, 2.05) is 22.0 Å². The molecule has 0 spiro atoms. The molecule has 7 heteroatoms. The van der Waals surface area contributed by atoms with Gasteiger partial charge in [0.2, 0.25) is 4.77 Å². The standard InChI is InChI=1S/C13H14N4S3/c1-6-3-4-7-8(5-6)20-11-9(7)10-15-16-12(18)17(10)13(14-11)19-2/h6H,3-5H2,1-2H3,(H,16,18)/t6-/m0/s1. The van der Waals surface area contributed by atoms with Crippen LogP contribution in [0.25, 0.3) is 15.9 Å². The number of thiophene rings is 1. The molecule has 0 aliphatic heterocycles. The van der Waals surface area contributed by atoms with Gasteiger partial charge in [-0.05, 0) is 49.2 Å². The second-order valence-corrected chi connectivity index (χ2v) is 7.56. The summed E-state index contributed by atoms with van der Waals surface area (Å²) < 4.78 is 2.59. The summed E-state index contributed by atoms with van der Waals surface area (Å²) in [6.45, 7) is 2.33. The molecule has 0 fully saturated rings. The minimum atomic E-state index is 0.628. The van der Waals surface area contributed by atoms with Crippen LogP contribution in [0.15, 0.2) is 5.16 Å². The summed E-state index contributed by atoms with van der Waals surface area (Å²) in [7, 11) is 0. The van der Waals surface area contributed by atoms with Gasteiger partial charge in [0.1, 0.15) is 4.83 Å². The third-order valence-corrected chi connectivity index (χ3v) is 6.02. The number of fused-ring (bicyclic) bond motifs is 5. The van der Waals surface area contributed by atoms with Gasteiger partial charge >= 0.3 is 0 Å². The van der Waals surface area contributed by atoms with Crippen molar-refractivity contribution >= 4 is 51.2 Å². The van der Waals surface area contributed by atoms with Crippen LogP contribution in [-0.2, 0) is 12.8 Å². The van der Waals surface area contributed by atoms with Crippen LogP contribution in [0.4, 0.5) is 0 Å². The van der Waals surface area contributed by atoms with E-state index in [4.69, 9.17) is 17.2 Å². The van der Waals surface area contributed by atoms with E-state index >= 15 is 0 Å². The third kappa shape index (κ3) is 1.69. The third-order valence-electron chi connectivity index (χ3n) is 3.96. The number of nitrogens with one attached hydrogen (secondary N) is 1. The van der Waals surface area contributed by atoms with Gasteiger partial charge in [-0.2, -0.15) is 5.10 Å². The minimum absolute atomic E-state index is 0.628. The van der Waals surface area contributed by atoms with Gasteiger partial charge in [-0.25, -0.2) is 9.38 Å². The van der Waals surface area contributed by atoms with Crippen molar-refractivity contribution in [2.24, 2.45) is 5.92 Å². The highest BCUT2D eigenvalue weighted by molar-refractivity contribution is 7.98. The van der Waals surface area contributed by atoms with Crippen LogP contribution in [-0.4, -0.2) is 25.8 Å². The smallest absolute Gasteiger partial charge is 0.201 e. The molecule has 0 amide bonds. The number of aromatic nitrogens is 4. The Morgan fingerprint density at radius 2 is 2.35 bits per heavy atom. The number of hydrogen-bond acceptors (Lipinski definition) is 5. The molecule has 4 rings (SSSR count). The van der Waals surface area contributed by atoms with Crippen LogP contribution in [0.2, 0.25) is 0 Å². The van der Waals surface area contributed by atoms with Gasteiger partial charge in [0, 0.05) is 4.88 Å². The summed E-state index contributed by atoms with van der Waals surface area (Å²) in [5.74, 6) is 0.771. The molecule has 0 saturated carbocycles. The lowest BCUT2D eigenvalue weighted by Crippen LogP contribution is -2.08. The number of H-pyrrole nitrogens is 1. The topological polar surface area (TPSA) is 46.0 Å². The van der Waals surface area contributed by atoms with E-state index in [1.54, 1.807) is 11.8 Å². The molecular weight excluding hydrogens is 308 g/mol. The van der Waals surface area contributed by atoms with Crippen LogP contribution in [0, 0.1) is 10.7 Å². The van der Waals surface area contributed by atoms with Crippen LogP contribution >= 0.6 is 35.3 Å². The molecule has 3 heterocycles. The SMILES string of the molecule is CSc1nc2sc3c(c2c2n[nH]c(=S)n12)CC[C@H](C)C3. The lowest BCUT2D eigenvalue weighted by molar-refractivity contribution is 0.509. The molecule has 1 aliphatic carbocycles. The maximum atomic E-state index is 5.35. The quantitative estimate of drug-likeness (QED) is 0.420. The monoisotopic (exact) mass is 322 g/mol. The number of rotatable bonds is 1. The molecule has 104 valence electrons.